The van der Waals surface area contributed by atoms with Crippen molar-refractivity contribution in [1.82, 2.24) is 5.43 Å². The van der Waals surface area contributed by atoms with Crippen LogP contribution in [0.3, 0.4) is 0 Å². The summed E-state index contributed by atoms with van der Waals surface area (Å²) in [4.78, 5) is 12.8. The molecule has 0 radical (unpaired) electrons. The van der Waals surface area contributed by atoms with Crippen molar-refractivity contribution in [2.75, 3.05) is 17.5 Å². The minimum absolute atomic E-state index is 0.0999. The number of carbonyl (C=O) groups excluding carboxylic acids is 1. The van der Waals surface area contributed by atoms with Gasteiger partial charge in [-0.1, -0.05) is 33.6 Å². The van der Waals surface area contributed by atoms with E-state index in [0.717, 1.165) is 25.7 Å². The Labute approximate surface area is 208 Å². The highest BCUT2D eigenvalue weighted by atomic mass is 79.9. The molecule has 0 heterocycles. The summed E-state index contributed by atoms with van der Waals surface area (Å²) in [5, 5.41) is 4.14. The summed E-state index contributed by atoms with van der Waals surface area (Å²) >= 11 is 3.35. The van der Waals surface area contributed by atoms with Crippen LogP contribution in [0.4, 0.5) is 5.69 Å². The third kappa shape index (κ3) is 6.45. The lowest BCUT2D eigenvalue weighted by Crippen LogP contribution is -2.39. The lowest BCUT2D eigenvalue weighted by Gasteiger charge is -2.24. The van der Waals surface area contributed by atoms with Crippen LogP contribution in [0.1, 0.15) is 25.0 Å². The van der Waals surface area contributed by atoms with Crippen molar-refractivity contribution in [2.24, 2.45) is 5.10 Å². The van der Waals surface area contributed by atoms with Crippen LogP contribution in [0, 0.1) is 6.92 Å². The Bertz CT molecular complexity index is 1260. The molecule has 0 bridgehead atoms. The first-order valence-corrected chi connectivity index (χ1v) is 12.9. The van der Waals surface area contributed by atoms with Crippen molar-refractivity contribution in [3.05, 3.63) is 88.4 Å². The highest BCUT2D eigenvalue weighted by Gasteiger charge is 2.27. The molecule has 0 aliphatic carbocycles. The molecule has 0 atom stereocenters. The fourth-order valence-electron chi connectivity index (χ4n) is 3.10. The molecule has 0 fully saturated rings. The van der Waals surface area contributed by atoms with Crippen LogP contribution < -0.4 is 14.5 Å². The number of nitrogens with zero attached hydrogens (tertiary/aromatic N) is 2. The Morgan fingerprint density at radius 2 is 1.62 bits per heavy atom. The first kappa shape index (κ1) is 25.5. The van der Waals surface area contributed by atoms with Crippen LogP contribution in [0.2, 0.25) is 0 Å². The summed E-state index contributed by atoms with van der Waals surface area (Å²) in [6.45, 7) is 5.68. The van der Waals surface area contributed by atoms with Crippen molar-refractivity contribution in [1.29, 1.82) is 0 Å². The number of hydrazone groups is 1. The van der Waals surface area contributed by atoms with Gasteiger partial charge in [-0.3, -0.25) is 9.10 Å². The Kier molecular flexibility index (Phi) is 8.46. The van der Waals surface area contributed by atoms with Crippen LogP contribution in [-0.2, 0) is 14.8 Å². The quantitative estimate of drug-likeness (QED) is 0.307. The maximum absolute atomic E-state index is 13.4. The molecule has 0 saturated carbocycles. The summed E-state index contributed by atoms with van der Waals surface area (Å²) in [6.07, 6.45) is 0. The van der Waals surface area contributed by atoms with Gasteiger partial charge in [-0.05, 0) is 87.0 Å². The van der Waals surface area contributed by atoms with Crippen molar-refractivity contribution >= 4 is 43.3 Å². The first-order valence-electron chi connectivity index (χ1n) is 10.6. The SMILES string of the molecule is CCOc1ccc(/C(C)=N\NC(=O)CN(c2ccc(Br)cc2)S(=O)(=O)c2ccc(C)cc2)cc1. The van der Waals surface area contributed by atoms with Gasteiger partial charge < -0.3 is 4.74 Å². The van der Waals surface area contributed by atoms with Crippen molar-refractivity contribution in [3.8, 4) is 5.75 Å². The van der Waals surface area contributed by atoms with E-state index < -0.39 is 22.5 Å². The van der Waals surface area contributed by atoms with Gasteiger partial charge in [0.25, 0.3) is 15.9 Å². The summed E-state index contributed by atoms with van der Waals surface area (Å²) in [7, 11) is -3.98. The van der Waals surface area contributed by atoms with E-state index >= 15 is 0 Å². The van der Waals surface area contributed by atoms with E-state index in [2.05, 4.69) is 26.5 Å². The Morgan fingerprint density at radius 3 is 2.21 bits per heavy atom. The number of ether oxygens (including phenoxy) is 1. The van der Waals surface area contributed by atoms with Gasteiger partial charge in [-0.15, -0.1) is 0 Å². The molecule has 3 aromatic carbocycles. The number of nitrogens with one attached hydrogen (secondary N) is 1. The number of rotatable bonds is 9. The molecule has 0 aliphatic rings. The van der Waals surface area contributed by atoms with Gasteiger partial charge in [0.1, 0.15) is 12.3 Å². The van der Waals surface area contributed by atoms with E-state index in [1.165, 1.54) is 12.1 Å². The predicted molar refractivity (Wildman–Crippen MR) is 138 cm³/mol. The van der Waals surface area contributed by atoms with Gasteiger partial charge >= 0.3 is 0 Å². The Morgan fingerprint density at radius 1 is 1.00 bits per heavy atom. The molecule has 1 amide bonds. The van der Waals surface area contributed by atoms with Crippen molar-refractivity contribution in [2.45, 2.75) is 25.7 Å². The van der Waals surface area contributed by atoms with Gasteiger partial charge in [0.2, 0.25) is 0 Å². The summed E-state index contributed by atoms with van der Waals surface area (Å²) in [5.74, 6) is 0.179. The summed E-state index contributed by atoms with van der Waals surface area (Å²) < 4.78 is 34.1. The van der Waals surface area contributed by atoms with E-state index in [-0.39, 0.29) is 4.90 Å². The van der Waals surface area contributed by atoms with Crippen LogP contribution in [0.25, 0.3) is 0 Å². The number of amides is 1. The minimum Gasteiger partial charge on any atom is -0.494 e. The molecule has 3 aromatic rings. The van der Waals surface area contributed by atoms with Gasteiger partial charge in [0.05, 0.1) is 22.9 Å². The molecule has 34 heavy (non-hydrogen) atoms. The second-order valence-electron chi connectivity index (χ2n) is 7.49. The fraction of sp³-hybridized carbons (Fsp3) is 0.200. The Balaban J connectivity index is 1.81. The maximum atomic E-state index is 13.4. The van der Waals surface area contributed by atoms with E-state index in [1.807, 2.05) is 38.1 Å². The number of hydrogen-bond donors (Lipinski definition) is 1. The molecule has 9 heteroatoms. The molecular formula is C25H26BrN3O4S. The van der Waals surface area contributed by atoms with E-state index in [9.17, 15) is 13.2 Å². The molecule has 0 aromatic heterocycles. The molecule has 0 aliphatic heterocycles. The van der Waals surface area contributed by atoms with Crippen LogP contribution in [0.5, 0.6) is 5.75 Å². The molecule has 178 valence electrons. The number of carbonyl (C=O) groups is 1. The normalized spacial score (nSPS) is 11.7. The third-order valence-electron chi connectivity index (χ3n) is 4.94. The van der Waals surface area contributed by atoms with Crippen LogP contribution >= 0.6 is 15.9 Å². The van der Waals surface area contributed by atoms with Crippen molar-refractivity contribution in [3.63, 3.8) is 0 Å². The third-order valence-corrected chi connectivity index (χ3v) is 7.26. The number of sulfonamides is 1. The topological polar surface area (TPSA) is 88.1 Å². The number of hydrogen-bond acceptors (Lipinski definition) is 5. The molecule has 0 spiro atoms. The van der Waals surface area contributed by atoms with E-state index in [1.54, 1.807) is 43.3 Å². The first-order chi connectivity index (χ1) is 16.2. The Hall–Kier alpha value is -3.17. The number of anilines is 1. The molecular weight excluding hydrogens is 518 g/mol. The van der Waals surface area contributed by atoms with Gasteiger partial charge in [-0.2, -0.15) is 5.10 Å². The van der Waals surface area contributed by atoms with Crippen LogP contribution in [-0.4, -0.2) is 33.2 Å². The van der Waals surface area contributed by atoms with Gasteiger partial charge in [0.15, 0.2) is 0 Å². The molecule has 0 unspecified atom stereocenters. The summed E-state index contributed by atoms with van der Waals surface area (Å²) in [5.41, 5.74) is 5.15. The zero-order valence-corrected chi connectivity index (χ0v) is 21.6. The highest BCUT2D eigenvalue weighted by molar-refractivity contribution is 9.10. The molecule has 1 N–H and O–H groups in total. The van der Waals surface area contributed by atoms with E-state index in [0.29, 0.717) is 18.0 Å². The zero-order valence-electron chi connectivity index (χ0n) is 19.2. The lowest BCUT2D eigenvalue weighted by molar-refractivity contribution is -0.119. The lowest BCUT2D eigenvalue weighted by atomic mass is 10.1. The maximum Gasteiger partial charge on any atom is 0.264 e. The minimum atomic E-state index is -3.98. The smallest absolute Gasteiger partial charge is 0.264 e. The fourth-order valence-corrected chi connectivity index (χ4v) is 4.78. The zero-order chi connectivity index (χ0) is 24.7. The monoisotopic (exact) mass is 543 g/mol. The number of halogens is 1. The summed E-state index contributed by atoms with van der Waals surface area (Å²) in [6, 6.07) is 20.5. The van der Waals surface area contributed by atoms with Crippen LogP contribution in [0.15, 0.2) is 87.3 Å². The van der Waals surface area contributed by atoms with E-state index in [4.69, 9.17) is 4.74 Å². The molecule has 0 saturated heterocycles. The number of benzene rings is 3. The molecule has 7 nitrogen and oxygen atoms in total. The highest BCUT2D eigenvalue weighted by Crippen LogP contribution is 2.25. The van der Waals surface area contributed by atoms with Gasteiger partial charge in [0, 0.05) is 4.47 Å². The second kappa shape index (κ2) is 11.3. The average Bonchev–Trinajstić information content (AvgIpc) is 2.82. The van der Waals surface area contributed by atoms with Gasteiger partial charge in [-0.25, -0.2) is 13.8 Å². The van der Waals surface area contributed by atoms with Crippen molar-refractivity contribution < 1.29 is 17.9 Å². The average molecular weight is 544 g/mol. The largest absolute Gasteiger partial charge is 0.494 e. The standard InChI is InChI=1S/C25H26BrN3O4S/c1-4-33-23-13-7-20(8-14-23)19(3)27-28-25(30)17-29(22-11-9-21(26)10-12-22)34(31,32)24-15-5-18(2)6-16-24/h5-16H,4,17H2,1-3H3,(H,28,30)/b27-19-. The number of aryl methyl sites for hydroxylation is 1. The molecule has 3 rings (SSSR count). The second-order valence-corrected chi connectivity index (χ2v) is 10.3. The predicted octanol–water partition coefficient (Wildman–Crippen LogP) is 4.89.